The Hall–Kier alpha value is -1.90. The molecule has 2 aromatic rings. The first-order valence-electron chi connectivity index (χ1n) is 6.26. The molecule has 0 saturated heterocycles. The van der Waals surface area contributed by atoms with Gasteiger partial charge >= 0.3 is 0 Å². The molecule has 0 aliphatic heterocycles. The number of methoxy groups -OCH3 is 3. The average Bonchev–Trinajstić information content (AvgIpc) is 2.45. The van der Waals surface area contributed by atoms with Crippen LogP contribution in [-0.2, 0) is 6.42 Å². The van der Waals surface area contributed by atoms with Crippen LogP contribution in [0.5, 0.6) is 17.2 Å². The number of hydrogen-bond donors (Lipinski definition) is 0. The minimum atomic E-state index is 0.627. The fourth-order valence-electron chi connectivity index (χ4n) is 2.29. The van der Waals surface area contributed by atoms with E-state index >= 15 is 0 Å². The topological polar surface area (TPSA) is 27.7 Å². The smallest absolute Gasteiger partial charge is 0.203 e. The third-order valence-corrected chi connectivity index (χ3v) is 3.17. The molecular formula is C16H19O3. The van der Waals surface area contributed by atoms with Crippen molar-refractivity contribution >= 4 is 10.8 Å². The van der Waals surface area contributed by atoms with Crippen molar-refractivity contribution in [3.05, 3.63) is 36.8 Å². The lowest BCUT2D eigenvalue weighted by atomic mass is 10.0. The van der Waals surface area contributed by atoms with Crippen molar-refractivity contribution in [2.24, 2.45) is 0 Å². The molecule has 0 unspecified atom stereocenters. The van der Waals surface area contributed by atoms with E-state index in [1.807, 2.05) is 6.07 Å². The van der Waals surface area contributed by atoms with Crippen LogP contribution in [0.25, 0.3) is 10.8 Å². The van der Waals surface area contributed by atoms with Gasteiger partial charge in [-0.25, -0.2) is 0 Å². The first-order valence-corrected chi connectivity index (χ1v) is 6.26. The molecule has 0 atom stereocenters. The van der Waals surface area contributed by atoms with Crippen molar-refractivity contribution in [2.45, 2.75) is 12.8 Å². The lowest BCUT2D eigenvalue weighted by molar-refractivity contribution is 0.327. The Morgan fingerprint density at radius 1 is 0.947 bits per heavy atom. The zero-order chi connectivity index (χ0) is 13.8. The SMILES string of the molecule is [CH2]CCc1ccc2c(OC)c(OC)c(OC)cc2c1. The van der Waals surface area contributed by atoms with Gasteiger partial charge in [0.1, 0.15) is 0 Å². The summed E-state index contributed by atoms with van der Waals surface area (Å²) in [6, 6.07) is 8.28. The van der Waals surface area contributed by atoms with Gasteiger partial charge in [0.05, 0.1) is 21.3 Å². The normalized spacial score (nSPS) is 10.5. The van der Waals surface area contributed by atoms with Crippen LogP contribution < -0.4 is 14.2 Å². The van der Waals surface area contributed by atoms with E-state index in [1.54, 1.807) is 21.3 Å². The second-order valence-corrected chi connectivity index (χ2v) is 4.30. The standard InChI is InChI=1S/C16H19O3/c1-5-6-11-7-8-13-12(9-11)10-14(17-2)16(19-4)15(13)18-3/h7-10H,1,5-6H2,2-4H3. The summed E-state index contributed by atoms with van der Waals surface area (Å²) in [4.78, 5) is 0. The van der Waals surface area contributed by atoms with Gasteiger partial charge in [0.25, 0.3) is 0 Å². The molecule has 0 aliphatic carbocycles. The van der Waals surface area contributed by atoms with Crippen LogP contribution in [0.1, 0.15) is 12.0 Å². The molecule has 2 aromatic carbocycles. The Morgan fingerprint density at radius 3 is 2.26 bits per heavy atom. The molecule has 0 bridgehead atoms. The maximum atomic E-state index is 5.47. The molecule has 0 amide bonds. The van der Waals surface area contributed by atoms with Gasteiger partial charge in [0, 0.05) is 5.39 Å². The number of benzene rings is 2. The number of rotatable bonds is 5. The van der Waals surface area contributed by atoms with E-state index in [1.165, 1.54) is 5.56 Å². The minimum Gasteiger partial charge on any atom is -0.493 e. The minimum absolute atomic E-state index is 0.627. The van der Waals surface area contributed by atoms with E-state index in [0.717, 1.165) is 23.6 Å². The summed E-state index contributed by atoms with van der Waals surface area (Å²) in [5.41, 5.74) is 1.26. The molecule has 2 rings (SSSR count). The van der Waals surface area contributed by atoms with Crippen molar-refractivity contribution < 1.29 is 14.2 Å². The summed E-state index contributed by atoms with van der Waals surface area (Å²) in [7, 11) is 4.88. The summed E-state index contributed by atoms with van der Waals surface area (Å²) in [6.07, 6.45) is 1.85. The maximum absolute atomic E-state index is 5.47. The quantitative estimate of drug-likeness (QED) is 0.820. The van der Waals surface area contributed by atoms with Gasteiger partial charge in [-0.2, -0.15) is 0 Å². The molecule has 0 saturated carbocycles. The zero-order valence-electron chi connectivity index (χ0n) is 11.7. The van der Waals surface area contributed by atoms with Gasteiger partial charge in [-0.15, -0.1) is 0 Å². The summed E-state index contributed by atoms with van der Waals surface area (Å²) in [6.45, 7) is 3.89. The highest BCUT2D eigenvalue weighted by molar-refractivity contribution is 5.93. The first-order chi connectivity index (χ1) is 9.24. The van der Waals surface area contributed by atoms with Crippen molar-refractivity contribution in [2.75, 3.05) is 21.3 Å². The zero-order valence-corrected chi connectivity index (χ0v) is 11.7. The van der Waals surface area contributed by atoms with Gasteiger partial charge in [-0.05, 0) is 29.9 Å². The largest absolute Gasteiger partial charge is 0.493 e. The highest BCUT2D eigenvalue weighted by atomic mass is 16.5. The Morgan fingerprint density at radius 2 is 1.68 bits per heavy atom. The number of fused-ring (bicyclic) bond motifs is 1. The highest BCUT2D eigenvalue weighted by Crippen LogP contribution is 2.43. The van der Waals surface area contributed by atoms with Crippen LogP contribution >= 0.6 is 0 Å². The summed E-state index contributed by atoms with van der Waals surface area (Å²) < 4.78 is 16.2. The van der Waals surface area contributed by atoms with Crippen LogP contribution in [0.4, 0.5) is 0 Å². The lowest BCUT2D eigenvalue weighted by Gasteiger charge is -2.15. The van der Waals surface area contributed by atoms with Gasteiger partial charge in [-0.3, -0.25) is 0 Å². The van der Waals surface area contributed by atoms with Gasteiger partial charge < -0.3 is 14.2 Å². The van der Waals surface area contributed by atoms with E-state index in [2.05, 4.69) is 25.1 Å². The lowest BCUT2D eigenvalue weighted by Crippen LogP contribution is -1.96. The van der Waals surface area contributed by atoms with Crippen molar-refractivity contribution in [3.8, 4) is 17.2 Å². The summed E-state index contributed by atoms with van der Waals surface area (Å²) >= 11 is 0. The van der Waals surface area contributed by atoms with Gasteiger partial charge in [0.15, 0.2) is 11.5 Å². The third kappa shape index (κ3) is 2.46. The molecular weight excluding hydrogens is 240 g/mol. The van der Waals surface area contributed by atoms with Crippen LogP contribution in [0.2, 0.25) is 0 Å². The Balaban J connectivity index is 2.69. The van der Waals surface area contributed by atoms with E-state index in [0.29, 0.717) is 17.2 Å². The molecule has 1 radical (unpaired) electrons. The number of aryl methyl sites for hydroxylation is 1. The third-order valence-electron chi connectivity index (χ3n) is 3.17. The van der Waals surface area contributed by atoms with Crippen LogP contribution in [0.15, 0.2) is 24.3 Å². The van der Waals surface area contributed by atoms with Crippen LogP contribution in [-0.4, -0.2) is 21.3 Å². The molecule has 3 nitrogen and oxygen atoms in total. The van der Waals surface area contributed by atoms with Crippen LogP contribution in [0, 0.1) is 6.92 Å². The van der Waals surface area contributed by atoms with Crippen molar-refractivity contribution in [1.29, 1.82) is 0 Å². The van der Waals surface area contributed by atoms with Crippen molar-refractivity contribution in [3.63, 3.8) is 0 Å². The van der Waals surface area contributed by atoms with Crippen molar-refractivity contribution in [1.82, 2.24) is 0 Å². The van der Waals surface area contributed by atoms with E-state index in [-0.39, 0.29) is 0 Å². The van der Waals surface area contributed by atoms with Gasteiger partial charge in [-0.1, -0.05) is 25.1 Å². The first kappa shape index (κ1) is 13.5. The molecule has 0 aromatic heterocycles. The highest BCUT2D eigenvalue weighted by Gasteiger charge is 2.15. The second kappa shape index (κ2) is 5.83. The van der Waals surface area contributed by atoms with E-state index in [9.17, 15) is 0 Å². The second-order valence-electron chi connectivity index (χ2n) is 4.30. The number of ether oxygens (including phenoxy) is 3. The fraction of sp³-hybridized carbons (Fsp3) is 0.312. The molecule has 0 heterocycles. The Labute approximate surface area is 114 Å². The molecule has 19 heavy (non-hydrogen) atoms. The molecule has 0 fully saturated rings. The number of hydrogen-bond acceptors (Lipinski definition) is 3. The molecule has 0 aliphatic rings. The molecule has 3 heteroatoms. The van der Waals surface area contributed by atoms with Gasteiger partial charge in [0.2, 0.25) is 5.75 Å². The Kier molecular flexibility index (Phi) is 4.15. The maximum Gasteiger partial charge on any atom is 0.203 e. The van der Waals surface area contributed by atoms with E-state index < -0.39 is 0 Å². The molecule has 0 spiro atoms. The molecule has 101 valence electrons. The summed E-state index contributed by atoms with van der Waals surface area (Å²) in [5.74, 6) is 2.01. The van der Waals surface area contributed by atoms with E-state index in [4.69, 9.17) is 14.2 Å². The molecule has 0 N–H and O–H groups in total. The van der Waals surface area contributed by atoms with Crippen LogP contribution in [0.3, 0.4) is 0 Å². The average molecular weight is 259 g/mol. The monoisotopic (exact) mass is 259 g/mol. The predicted molar refractivity (Wildman–Crippen MR) is 77.3 cm³/mol. The fourth-order valence-corrected chi connectivity index (χ4v) is 2.29. The Bertz CT molecular complexity index is 576. The predicted octanol–water partition coefficient (Wildman–Crippen LogP) is 3.63. The summed E-state index contributed by atoms with van der Waals surface area (Å²) in [5, 5.41) is 2.11.